The molecule has 2 aromatic heterocycles. The summed E-state index contributed by atoms with van der Waals surface area (Å²) in [5.74, 6) is 0.534. The number of aliphatic hydroxyl groups is 1. The number of amides is 1. The van der Waals surface area contributed by atoms with Crippen molar-refractivity contribution in [1.82, 2.24) is 14.5 Å². The van der Waals surface area contributed by atoms with E-state index in [1.165, 1.54) is 32.4 Å². The van der Waals surface area contributed by atoms with Crippen molar-refractivity contribution in [2.75, 3.05) is 24.8 Å². The molecule has 1 saturated carbocycles. The van der Waals surface area contributed by atoms with Gasteiger partial charge in [-0.05, 0) is 19.3 Å². The maximum atomic E-state index is 12.2. The van der Waals surface area contributed by atoms with E-state index in [1.807, 2.05) is 0 Å². The van der Waals surface area contributed by atoms with Crippen LogP contribution in [0, 0.1) is 0 Å². The molecule has 0 aliphatic heterocycles. The Morgan fingerprint density at radius 1 is 1.39 bits per heavy atom. The number of hydrogen-bond donors (Lipinski definition) is 4. The summed E-state index contributed by atoms with van der Waals surface area (Å²) in [4.78, 5) is 30.4. The average Bonchev–Trinajstić information content (AvgIpc) is 2.69. The molecule has 0 atom stereocenters. The number of nitrogen functional groups attached to an aromatic ring is 1. The number of hydrogen-bond acceptors (Lipinski definition) is 8. The molecule has 0 spiro atoms. The SMILES string of the molecule is COC(N)=O.Nc1cc(=O)n(CCCO)c2nc(NC3CCCCC3)ncc12. The molecular weight excluding hydrogens is 364 g/mol. The lowest BCUT2D eigenvalue weighted by atomic mass is 9.96. The summed E-state index contributed by atoms with van der Waals surface area (Å²) >= 11 is 0. The van der Waals surface area contributed by atoms with Crippen molar-refractivity contribution in [1.29, 1.82) is 0 Å². The number of nitrogens with two attached hydrogens (primary N) is 2. The Labute approximate surface area is 162 Å². The molecule has 1 amide bonds. The quantitative estimate of drug-likeness (QED) is 0.591. The molecule has 0 radical (unpaired) electrons. The van der Waals surface area contributed by atoms with Crippen molar-refractivity contribution < 1.29 is 14.6 Å². The number of anilines is 2. The molecule has 1 fully saturated rings. The van der Waals surface area contributed by atoms with Crippen LogP contribution in [0.3, 0.4) is 0 Å². The summed E-state index contributed by atoms with van der Waals surface area (Å²) in [5, 5.41) is 13.1. The standard InChI is InChI=1S/C16H23N5O2.C2H5NO2/c17-13-9-14(23)21(7-4-8-22)15-12(13)10-18-16(20-15)19-11-5-2-1-3-6-11;1-5-2(3)4/h9-11,22H,1-8,17H2,(H,18,19,20);1H3,(H2,3,4). The second-order valence-electron chi connectivity index (χ2n) is 6.60. The number of primary amides is 1. The number of aliphatic hydroxyl groups excluding tert-OH is 1. The highest BCUT2D eigenvalue weighted by atomic mass is 16.5. The van der Waals surface area contributed by atoms with Gasteiger partial charge in [-0.2, -0.15) is 4.98 Å². The largest absolute Gasteiger partial charge is 0.453 e. The molecule has 0 unspecified atom stereocenters. The van der Waals surface area contributed by atoms with Gasteiger partial charge in [0.1, 0.15) is 5.65 Å². The molecule has 6 N–H and O–H groups in total. The summed E-state index contributed by atoms with van der Waals surface area (Å²) in [6, 6.07) is 1.77. The Morgan fingerprint density at radius 3 is 2.68 bits per heavy atom. The summed E-state index contributed by atoms with van der Waals surface area (Å²) < 4.78 is 5.44. The van der Waals surface area contributed by atoms with E-state index in [4.69, 9.17) is 10.8 Å². The summed E-state index contributed by atoms with van der Waals surface area (Å²) in [7, 11) is 1.22. The number of carbonyl (C=O) groups excluding carboxylic acids is 1. The first kappa shape index (κ1) is 21.4. The topological polar surface area (TPSA) is 158 Å². The second kappa shape index (κ2) is 10.5. The van der Waals surface area contributed by atoms with Crippen LogP contribution in [0.2, 0.25) is 0 Å². The third-order valence-corrected chi connectivity index (χ3v) is 4.56. The Kier molecular flexibility index (Phi) is 8.00. The first-order valence-electron chi connectivity index (χ1n) is 9.33. The molecule has 0 aromatic carbocycles. The lowest BCUT2D eigenvalue weighted by Gasteiger charge is -2.23. The maximum Gasteiger partial charge on any atom is 0.404 e. The van der Waals surface area contributed by atoms with Crippen LogP contribution in [-0.4, -0.2) is 45.5 Å². The molecule has 154 valence electrons. The van der Waals surface area contributed by atoms with E-state index in [2.05, 4.69) is 25.8 Å². The van der Waals surface area contributed by atoms with Gasteiger partial charge in [-0.15, -0.1) is 0 Å². The van der Waals surface area contributed by atoms with Gasteiger partial charge in [0.05, 0.1) is 12.5 Å². The lowest BCUT2D eigenvalue weighted by Crippen LogP contribution is -2.25. The molecular formula is C18H28N6O4. The second-order valence-corrected chi connectivity index (χ2v) is 6.60. The fourth-order valence-electron chi connectivity index (χ4n) is 3.12. The van der Waals surface area contributed by atoms with Gasteiger partial charge >= 0.3 is 6.09 Å². The van der Waals surface area contributed by atoms with Crippen LogP contribution in [0.25, 0.3) is 11.0 Å². The zero-order valence-corrected chi connectivity index (χ0v) is 16.1. The van der Waals surface area contributed by atoms with Crippen molar-refractivity contribution in [3.05, 3.63) is 22.6 Å². The Morgan fingerprint density at radius 2 is 2.07 bits per heavy atom. The van der Waals surface area contributed by atoms with Crippen LogP contribution in [0.15, 0.2) is 17.1 Å². The fraction of sp³-hybridized carbons (Fsp3) is 0.556. The van der Waals surface area contributed by atoms with E-state index in [9.17, 15) is 9.59 Å². The zero-order valence-electron chi connectivity index (χ0n) is 16.1. The number of nitrogens with zero attached hydrogens (tertiary/aromatic N) is 3. The van der Waals surface area contributed by atoms with Crippen LogP contribution >= 0.6 is 0 Å². The highest BCUT2D eigenvalue weighted by molar-refractivity contribution is 5.87. The molecule has 10 nitrogen and oxygen atoms in total. The van der Waals surface area contributed by atoms with Gasteiger partial charge in [0.15, 0.2) is 0 Å². The minimum absolute atomic E-state index is 0.0244. The van der Waals surface area contributed by atoms with Crippen LogP contribution < -0.4 is 22.3 Å². The Bertz CT molecular complexity index is 848. The van der Waals surface area contributed by atoms with Crippen LogP contribution in [0.1, 0.15) is 38.5 Å². The Balaban J connectivity index is 0.000000500. The van der Waals surface area contributed by atoms with Crippen LogP contribution in [-0.2, 0) is 11.3 Å². The highest BCUT2D eigenvalue weighted by Crippen LogP contribution is 2.22. The molecule has 0 bridgehead atoms. The molecule has 28 heavy (non-hydrogen) atoms. The molecule has 1 aliphatic carbocycles. The minimum Gasteiger partial charge on any atom is -0.453 e. The van der Waals surface area contributed by atoms with Gasteiger partial charge in [0.25, 0.3) is 5.56 Å². The van der Waals surface area contributed by atoms with Crippen molar-refractivity contribution in [2.24, 2.45) is 5.73 Å². The Hall–Kier alpha value is -2.88. The van der Waals surface area contributed by atoms with Crippen molar-refractivity contribution in [2.45, 2.75) is 51.1 Å². The maximum absolute atomic E-state index is 12.2. The summed E-state index contributed by atoms with van der Waals surface area (Å²) in [5.41, 5.74) is 11.1. The van der Waals surface area contributed by atoms with Crippen molar-refractivity contribution >= 4 is 28.8 Å². The third-order valence-electron chi connectivity index (χ3n) is 4.56. The first-order valence-corrected chi connectivity index (χ1v) is 9.33. The van der Waals surface area contributed by atoms with Gasteiger partial charge in [-0.3, -0.25) is 9.36 Å². The van der Waals surface area contributed by atoms with Gasteiger partial charge in [-0.25, -0.2) is 9.78 Å². The summed E-state index contributed by atoms with van der Waals surface area (Å²) in [6.07, 6.45) is 7.38. The number of fused-ring (bicyclic) bond motifs is 1. The molecule has 2 heterocycles. The number of aromatic nitrogens is 3. The summed E-state index contributed by atoms with van der Waals surface area (Å²) in [6.45, 7) is 0.433. The molecule has 2 aromatic rings. The molecule has 3 rings (SSSR count). The fourth-order valence-corrected chi connectivity index (χ4v) is 3.12. The number of ether oxygens (including phenoxy) is 1. The number of nitrogens with one attached hydrogen (secondary N) is 1. The number of rotatable bonds is 5. The normalized spacial score (nSPS) is 14.2. The smallest absolute Gasteiger partial charge is 0.404 e. The van der Waals surface area contributed by atoms with Gasteiger partial charge < -0.3 is 26.6 Å². The third kappa shape index (κ3) is 5.81. The number of pyridine rings is 1. The van der Waals surface area contributed by atoms with Crippen molar-refractivity contribution in [3.63, 3.8) is 0 Å². The number of methoxy groups -OCH3 is 1. The number of carbonyl (C=O) groups is 1. The van der Waals surface area contributed by atoms with E-state index >= 15 is 0 Å². The molecule has 0 saturated heterocycles. The van der Waals surface area contributed by atoms with Gasteiger partial charge in [0, 0.05) is 37.1 Å². The van der Waals surface area contributed by atoms with Crippen LogP contribution in [0.4, 0.5) is 16.4 Å². The van der Waals surface area contributed by atoms with Crippen LogP contribution in [0.5, 0.6) is 0 Å². The average molecular weight is 392 g/mol. The lowest BCUT2D eigenvalue weighted by molar-refractivity contribution is 0.182. The first-order chi connectivity index (χ1) is 13.5. The van der Waals surface area contributed by atoms with E-state index in [0.717, 1.165) is 12.8 Å². The highest BCUT2D eigenvalue weighted by Gasteiger charge is 2.15. The number of aryl methyl sites for hydroxylation is 1. The van der Waals surface area contributed by atoms with E-state index in [0.29, 0.717) is 41.7 Å². The molecule has 1 aliphatic rings. The predicted molar refractivity (Wildman–Crippen MR) is 107 cm³/mol. The van der Waals surface area contributed by atoms with Gasteiger partial charge in [0.2, 0.25) is 5.95 Å². The zero-order chi connectivity index (χ0) is 20.5. The van der Waals surface area contributed by atoms with E-state index in [-0.39, 0.29) is 12.2 Å². The molecule has 10 heteroatoms. The van der Waals surface area contributed by atoms with Gasteiger partial charge in [-0.1, -0.05) is 19.3 Å². The van der Waals surface area contributed by atoms with E-state index < -0.39 is 6.09 Å². The van der Waals surface area contributed by atoms with Crippen molar-refractivity contribution in [3.8, 4) is 0 Å². The van der Waals surface area contributed by atoms with E-state index in [1.54, 1.807) is 10.8 Å². The monoisotopic (exact) mass is 392 g/mol. The predicted octanol–water partition coefficient (Wildman–Crippen LogP) is 1.21. The minimum atomic E-state index is -0.745.